The molecule has 1 aromatic rings. The van der Waals surface area contributed by atoms with E-state index in [1.165, 1.54) is 24.8 Å². The molecule has 1 aromatic carbocycles. The predicted octanol–water partition coefficient (Wildman–Crippen LogP) is 3.19. The van der Waals surface area contributed by atoms with Gasteiger partial charge in [-0.15, -0.1) is 0 Å². The van der Waals surface area contributed by atoms with E-state index in [0.29, 0.717) is 17.0 Å². The van der Waals surface area contributed by atoms with E-state index in [-0.39, 0.29) is 5.91 Å². The SMILES string of the molecule is CCC(C)(C)C1CCCN1Cc1cccc(C(N)=O)c1. The van der Waals surface area contributed by atoms with Gasteiger partial charge in [-0.05, 0) is 48.9 Å². The van der Waals surface area contributed by atoms with E-state index >= 15 is 0 Å². The molecule has 2 N–H and O–H groups in total. The van der Waals surface area contributed by atoms with Crippen LogP contribution in [-0.4, -0.2) is 23.4 Å². The molecule has 1 aliphatic rings. The van der Waals surface area contributed by atoms with Gasteiger partial charge < -0.3 is 5.73 Å². The molecule has 110 valence electrons. The molecule has 1 amide bonds. The lowest BCUT2D eigenvalue weighted by molar-refractivity contribution is 0.0999. The third-order valence-electron chi connectivity index (χ3n) is 4.77. The summed E-state index contributed by atoms with van der Waals surface area (Å²) in [4.78, 5) is 13.8. The minimum atomic E-state index is -0.348. The minimum absolute atomic E-state index is 0.345. The zero-order chi connectivity index (χ0) is 14.8. The molecule has 3 nitrogen and oxygen atoms in total. The third kappa shape index (κ3) is 3.21. The number of rotatable bonds is 5. The van der Waals surface area contributed by atoms with E-state index in [1.807, 2.05) is 12.1 Å². The third-order valence-corrected chi connectivity index (χ3v) is 4.77. The summed E-state index contributed by atoms with van der Waals surface area (Å²) in [5.41, 5.74) is 7.49. The summed E-state index contributed by atoms with van der Waals surface area (Å²) in [5.74, 6) is -0.348. The van der Waals surface area contributed by atoms with Gasteiger partial charge in [0.15, 0.2) is 0 Å². The van der Waals surface area contributed by atoms with Gasteiger partial charge in [-0.3, -0.25) is 9.69 Å². The number of hydrogen-bond acceptors (Lipinski definition) is 2. The van der Waals surface area contributed by atoms with Crippen LogP contribution in [0.2, 0.25) is 0 Å². The average molecular weight is 274 g/mol. The molecule has 0 spiro atoms. The number of nitrogens with two attached hydrogens (primary N) is 1. The van der Waals surface area contributed by atoms with Crippen molar-refractivity contribution in [3.63, 3.8) is 0 Å². The van der Waals surface area contributed by atoms with Crippen molar-refractivity contribution in [2.45, 2.75) is 52.6 Å². The Bertz CT molecular complexity index is 482. The second-order valence-electron chi connectivity index (χ2n) is 6.54. The molecule has 3 heteroatoms. The van der Waals surface area contributed by atoms with Gasteiger partial charge in [-0.2, -0.15) is 0 Å². The molecule has 1 unspecified atom stereocenters. The van der Waals surface area contributed by atoms with Crippen molar-refractivity contribution in [3.8, 4) is 0 Å². The Hall–Kier alpha value is -1.35. The van der Waals surface area contributed by atoms with Gasteiger partial charge in [-0.1, -0.05) is 32.9 Å². The van der Waals surface area contributed by atoms with Gasteiger partial charge >= 0.3 is 0 Å². The van der Waals surface area contributed by atoms with Crippen molar-refractivity contribution in [1.82, 2.24) is 4.90 Å². The first-order valence-electron chi connectivity index (χ1n) is 7.57. The first-order valence-corrected chi connectivity index (χ1v) is 7.57. The molecule has 2 rings (SSSR count). The first-order chi connectivity index (χ1) is 9.44. The Kier molecular flexibility index (Phi) is 4.48. The summed E-state index contributed by atoms with van der Waals surface area (Å²) in [5, 5.41) is 0. The first kappa shape index (κ1) is 15.0. The summed E-state index contributed by atoms with van der Waals surface area (Å²) in [6.07, 6.45) is 3.73. The fourth-order valence-electron chi connectivity index (χ4n) is 3.19. The fraction of sp³-hybridized carbons (Fsp3) is 0.588. The number of nitrogens with zero attached hydrogens (tertiary/aromatic N) is 1. The molecule has 0 bridgehead atoms. The van der Waals surface area contributed by atoms with Crippen LogP contribution in [0.3, 0.4) is 0 Å². The molecule has 1 aliphatic heterocycles. The van der Waals surface area contributed by atoms with Gasteiger partial charge in [0.1, 0.15) is 0 Å². The van der Waals surface area contributed by atoms with Crippen molar-refractivity contribution in [2.75, 3.05) is 6.54 Å². The Morgan fingerprint density at radius 3 is 2.85 bits per heavy atom. The highest BCUT2D eigenvalue weighted by Gasteiger charge is 2.35. The average Bonchev–Trinajstić information content (AvgIpc) is 2.88. The van der Waals surface area contributed by atoms with Gasteiger partial charge in [0, 0.05) is 18.2 Å². The van der Waals surface area contributed by atoms with E-state index in [9.17, 15) is 4.79 Å². The lowest BCUT2D eigenvalue weighted by atomic mass is 9.80. The number of carbonyl (C=O) groups excluding carboxylic acids is 1. The standard InChI is InChI=1S/C17H26N2O/c1-4-17(2,3)15-9-6-10-19(15)12-13-7-5-8-14(11-13)16(18)20/h5,7-8,11,15H,4,6,9-10,12H2,1-3H3,(H2,18,20). The molecule has 20 heavy (non-hydrogen) atoms. The van der Waals surface area contributed by atoms with E-state index in [2.05, 4.69) is 31.7 Å². The van der Waals surface area contributed by atoms with Crippen LogP contribution >= 0.6 is 0 Å². The molecular weight excluding hydrogens is 248 g/mol. The molecule has 0 aliphatic carbocycles. The molecule has 0 radical (unpaired) electrons. The maximum Gasteiger partial charge on any atom is 0.248 e. The monoisotopic (exact) mass is 274 g/mol. The zero-order valence-corrected chi connectivity index (χ0v) is 12.9. The van der Waals surface area contributed by atoms with Crippen LogP contribution in [0.1, 0.15) is 56.0 Å². The van der Waals surface area contributed by atoms with Crippen LogP contribution < -0.4 is 5.73 Å². The molecule has 1 heterocycles. The van der Waals surface area contributed by atoms with Gasteiger partial charge in [0.2, 0.25) is 5.91 Å². The summed E-state index contributed by atoms with van der Waals surface area (Å²) >= 11 is 0. The second-order valence-corrected chi connectivity index (χ2v) is 6.54. The highest BCUT2D eigenvalue weighted by atomic mass is 16.1. The molecule has 0 aromatic heterocycles. The van der Waals surface area contributed by atoms with Crippen LogP contribution in [0.4, 0.5) is 0 Å². The quantitative estimate of drug-likeness (QED) is 0.896. The Balaban J connectivity index is 2.13. The summed E-state index contributed by atoms with van der Waals surface area (Å²) in [6, 6.07) is 8.34. The van der Waals surface area contributed by atoms with Crippen LogP contribution in [0.15, 0.2) is 24.3 Å². The van der Waals surface area contributed by atoms with E-state index in [1.54, 1.807) is 6.07 Å². The van der Waals surface area contributed by atoms with E-state index in [4.69, 9.17) is 5.73 Å². The highest BCUT2D eigenvalue weighted by molar-refractivity contribution is 5.92. The van der Waals surface area contributed by atoms with E-state index in [0.717, 1.165) is 13.1 Å². The van der Waals surface area contributed by atoms with Gasteiger partial charge in [0.25, 0.3) is 0 Å². The predicted molar refractivity (Wildman–Crippen MR) is 82.5 cm³/mol. The van der Waals surface area contributed by atoms with Crippen LogP contribution in [-0.2, 0) is 6.54 Å². The number of carbonyl (C=O) groups is 1. The molecule has 0 saturated carbocycles. The van der Waals surface area contributed by atoms with Crippen molar-refractivity contribution >= 4 is 5.91 Å². The lowest BCUT2D eigenvalue weighted by Crippen LogP contribution is -2.40. The van der Waals surface area contributed by atoms with Gasteiger partial charge in [-0.25, -0.2) is 0 Å². The Morgan fingerprint density at radius 1 is 1.45 bits per heavy atom. The van der Waals surface area contributed by atoms with Crippen LogP contribution in [0.25, 0.3) is 0 Å². The number of primary amides is 1. The maximum absolute atomic E-state index is 11.3. The molecule has 1 fully saturated rings. The molecule has 1 atom stereocenters. The second kappa shape index (κ2) is 5.96. The van der Waals surface area contributed by atoms with E-state index < -0.39 is 0 Å². The zero-order valence-electron chi connectivity index (χ0n) is 12.9. The Labute approximate surface area is 122 Å². The highest BCUT2D eigenvalue weighted by Crippen LogP contribution is 2.36. The van der Waals surface area contributed by atoms with Crippen LogP contribution in [0, 0.1) is 5.41 Å². The number of likely N-dealkylation sites (tertiary alicyclic amines) is 1. The fourth-order valence-corrected chi connectivity index (χ4v) is 3.19. The summed E-state index contributed by atoms with van der Waals surface area (Å²) < 4.78 is 0. The summed E-state index contributed by atoms with van der Waals surface area (Å²) in [6.45, 7) is 9.04. The normalized spacial score (nSPS) is 20.2. The largest absolute Gasteiger partial charge is 0.366 e. The minimum Gasteiger partial charge on any atom is -0.366 e. The number of amides is 1. The lowest BCUT2D eigenvalue weighted by Gasteiger charge is -2.37. The van der Waals surface area contributed by atoms with Crippen molar-refractivity contribution in [3.05, 3.63) is 35.4 Å². The van der Waals surface area contributed by atoms with Crippen molar-refractivity contribution in [2.24, 2.45) is 11.1 Å². The van der Waals surface area contributed by atoms with Gasteiger partial charge in [0.05, 0.1) is 0 Å². The maximum atomic E-state index is 11.3. The summed E-state index contributed by atoms with van der Waals surface area (Å²) in [7, 11) is 0. The smallest absolute Gasteiger partial charge is 0.248 e. The number of hydrogen-bond donors (Lipinski definition) is 1. The topological polar surface area (TPSA) is 46.3 Å². The molecular formula is C17H26N2O. The number of benzene rings is 1. The molecule has 1 saturated heterocycles. The van der Waals surface area contributed by atoms with Crippen molar-refractivity contribution in [1.29, 1.82) is 0 Å². The van der Waals surface area contributed by atoms with Crippen molar-refractivity contribution < 1.29 is 4.79 Å². The van der Waals surface area contributed by atoms with Crippen LogP contribution in [0.5, 0.6) is 0 Å². The Morgan fingerprint density at radius 2 is 2.20 bits per heavy atom.